The molecule has 1 atom stereocenters. The molecule has 1 aliphatic heterocycles. The highest BCUT2D eigenvalue weighted by Gasteiger charge is 2.26. The highest BCUT2D eigenvalue weighted by molar-refractivity contribution is 5.56. The Hall–Kier alpha value is -1.02. The van der Waals surface area contributed by atoms with Gasteiger partial charge in [0.05, 0.1) is 0 Å². The molecule has 1 saturated heterocycles. The fourth-order valence-corrected chi connectivity index (χ4v) is 3.26. The van der Waals surface area contributed by atoms with Gasteiger partial charge in [-0.05, 0) is 50.7 Å². The first-order chi connectivity index (χ1) is 9.28. The Morgan fingerprint density at radius 1 is 1.26 bits per heavy atom. The number of aryl methyl sites for hydroxylation is 1. The summed E-state index contributed by atoms with van der Waals surface area (Å²) in [7, 11) is 0. The zero-order valence-corrected chi connectivity index (χ0v) is 12.3. The largest absolute Gasteiger partial charge is 0.368 e. The van der Waals surface area contributed by atoms with Crippen LogP contribution in [0.2, 0.25) is 0 Å². The molecule has 104 valence electrons. The van der Waals surface area contributed by atoms with Crippen LogP contribution < -0.4 is 10.2 Å². The van der Waals surface area contributed by atoms with Crippen LogP contribution in [0, 0.1) is 6.92 Å². The summed E-state index contributed by atoms with van der Waals surface area (Å²) >= 11 is 0. The van der Waals surface area contributed by atoms with Crippen molar-refractivity contribution < 1.29 is 0 Å². The van der Waals surface area contributed by atoms with Crippen molar-refractivity contribution in [1.82, 2.24) is 5.32 Å². The van der Waals surface area contributed by atoms with E-state index in [1.54, 1.807) is 0 Å². The van der Waals surface area contributed by atoms with Crippen LogP contribution in [-0.2, 0) is 6.54 Å². The normalized spacial score (nSPS) is 23.1. The Labute approximate surface area is 117 Å². The molecule has 1 heterocycles. The van der Waals surface area contributed by atoms with Crippen LogP contribution in [0.1, 0.15) is 50.2 Å². The van der Waals surface area contributed by atoms with Gasteiger partial charge in [0.1, 0.15) is 0 Å². The van der Waals surface area contributed by atoms with Crippen molar-refractivity contribution in [2.45, 2.75) is 64.6 Å². The zero-order valence-electron chi connectivity index (χ0n) is 12.3. The first-order valence-electron chi connectivity index (χ1n) is 7.87. The third-order valence-electron chi connectivity index (χ3n) is 4.55. The quantitative estimate of drug-likeness (QED) is 0.867. The monoisotopic (exact) mass is 258 g/mol. The average Bonchev–Trinajstić information content (AvgIpc) is 3.13. The number of anilines is 1. The molecule has 2 aliphatic rings. The van der Waals surface area contributed by atoms with Crippen LogP contribution in [0.15, 0.2) is 18.2 Å². The van der Waals surface area contributed by atoms with Crippen molar-refractivity contribution in [3.63, 3.8) is 0 Å². The van der Waals surface area contributed by atoms with E-state index in [0.29, 0.717) is 0 Å². The Balaban J connectivity index is 1.81. The van der Waals surface area contributed by atoms with E-state index in [2.05, 4.69) is 42.3 Å². The Morgan fingerprint density at radius 3 is 2.84 bits per heavy atom. The maximum absolute atomic E-state index is 3.67. The van der Waals surface area contributed by atoms with Gasteiger partial charge in [-0.3, -0.25) is 0 Å². The van der Waals surface area contributed by atoms with Crippen LogP contribution >= 0.6 is 0 Å². The second-order valence-electron chi connectivity index (χ2n) is 6.19. The van der Waals surface area contributed by atoms with Gasteiger partial charge >= 0.3 is 0 Å². The summed E-state index contributed by atoms with van der Waals surface area (Å²) in [6, 6.07) is 8.51. The van der Waals surface area contributed by atoms with Crippen molar-refractivity contribution in [2.24, 2.45) is 0 Å². The van der Waals surface area contributed by atoms with Crippen molar-refractivity contribution in [1.29, 1.82) is 0 Å². The third kappa shape index (κ3) is 2.94. The number of hydrogen-bond acceptors (Lipinski definition) is 2. The van der Waals surface area contributed by atoms with E-state index in [1.807, 2.05) is 0 Å². The second-order valence-corrected chi connectivity index (χ2v) is 6.19. The standard InChI is InChI=1S/C17H26N2/c1-3-16-5-4-10-19(16)17-9-6-13(2)11-14(17)12-18-15-7-8-15/h6,9,11,15-16,18H,3-5,7-8,10,12H2,1-2H3. The fourth-order valence-electron chi connectivity index (χ4n) is 3.26. The van der Waals surface area contributed by atoms with E-state index < -0.39 is 0 Å². The lowest BCUT2D eigenvalue weighted by molar-refractivity contribution is 0.637. The highest BCUT2D eigenvalue weighted by Crippen LogP contribution is 2.31. The lowest BCUT2D eigenvalue weighted by Gasteiger charge is -2.28. The van der Waals surface area contributed by atoms with Crippen LogP contribution in [-0.4, -0.2) is 18.6 Å². The highest BCUT2D eigenvalue weighted by atomic mass is 15.2. The smallest absolute Gasteiger partial charge is 0.0414 e. The van der Waals surface area contributed by atoms with Gasteiger partial charge in [-0.25, -0.2) is 0 Å². The van der Waals surface area contributed by atoms with Gasteiger partial charge < -0.3 is 10.2 Å². The molecule has 1 aromatic rings. The minimum absolute atomic E-state index is 0.752. The Morgan fingerprint density at radius 2 is 2.11 bits per heavy atom. The summed E-state index contributed by atoms with van der Waals surface area (Å²) in [4.78, 5) is 2.64. The minimum atomic E-state index is 0.752. The number of hydrogen-bond donors (Lipinski definition) is 1. The number of nitrogens with one attached hydrogen (secondary N) is 1. The van der Waals surface area contributed by atoms with E-state index in [0.717, 1.165) is 18.6 Å². The second kappa shape index (κ2) is 5.54. The molecule has 2 fully saturated rings. The van der Waals surface area contributed by atoms with Crippen molar-refractivity contribution in [3.05, 3.63) is 29.3 Å². The molecule has 1 N–H and O–H groups in total. The fraction of sp³-hybridized carbons (Fsp3) is 0.647. The molecule has 0 amide bonds. The van der Waals surface area contributed by atoms with E-state index in [1.165, 1.54) is 55.5 Å². The van der Waals surface area contributed by atoms with Gasteiger partial charge in [-0.1, -0.05) is 24.6 Å². The van der Waals surface area contributed by atoms with Crippen LogP contribution in [0.25, 0.3) is 0 Å². The summed E-state index contributed by atoms with van der Waals surface area (Å²) in [6.07, 6.45) is 6.70. The average molecular weight is 258 g/mol. The van der Waals surface area contributed by atoms with E-state index in [9.17, 15) is 0 Å². The molecule has 2 nitrogen and oxygen atoms in total. The topological polar surface area (TPSA) is 15.3 Å². The lowest BCUT2D eigenvalue weighted by Crippen LogP contribution is -2.30. The molecular weight excluding hydrogens is 232 g/mol. The first kappa shape index (κ1) is 13.0. The summed E-state index contributed by atoms with van der Waals surface area (Å²) in [5.41, 5.74) is 4.35. The maximum Gasteiger partial charge on any atom is 0.0414 e. The van der Waals surface area contributed by atoms with E-state index in [4.69, 9.17) is 0 Å². The molecule has 1 aliphatic carbocycles. The Kier molecular flexibility index (Phi) is 3.79. The molecule has 0 spiro atoms. The summed E-state index contributed by atoms with van der Waals surface area (Å²) < 4.78 is 0. The molecule has 0 aromatic heterocycles. The molecule has 0 bridgehead atoms. The van der Waals surface area contributed by atoms with Gasteiger partial charge in [-0.2, -0.15) is 0 Å². The minimum Gasteiger partial charge on any atom is -0.368 e. The van der Waals surface area contributed by atoms with Crippen molar-refractivity contribution in [2.75, 3.05) is 11.4 Å². The third-order valence-corrected chi connectivity index (χ3v) is 4.55. The van der Waals surface area contributed by atoms with E-state index in [-0.39, 0.29) is 0 Å². The van der Waals surface area contributed by atoms with Gasteiger partial charge in [0.25, 0.3) is 0 Å². The Bertz CT molecular complexity index is 437. The predicted molar refractivity (Wildman–Crippen MR) is 81.7 cm³/mol. The molecule has 0 radical (unpaired) electrons. The van der Waals surface area contributed by atoms with Gasteiger partial charge in [-0.15, -0.1) is 0 Å². The summed E-state index contributed by atoms with van der Waals surface area (Å²) in [6.45, 7) is 6.79. The number of benzene rings is 1. The van der Waals surface area contributed by atoms with Gasteiger partial charge in [0.2, 0.25) is 0 Å². The maximum atomic E-state index is 3.67. The molecular formula is C17H26N2. The zero-order chi connectivity index (χ0) is 13.2. The molecule has 2 heteroatoms. The van der Waals surface area contributed by atoms with Crippen molar-refractivity contribution in [3.8, 4) is 0 Å². The molecule has 1 aromatic carbocycles. The molecule has 19 heavy (non-hydrogen) atoms. The van der Waals surface area contributed by atoms with Crippen molar-refractivity contribution >= 4 is 5.69 Å². The summed E-state index contributed by atoms with van der Waals surface area (Å²) in [5.74, 6) is 0. The molecule has 1 saturated carbocycles. The van der Waals surface area contributed by atoms with Crippen LogP contribution in [0.3, 0.4) is 0 Å². The van der Waals surface area contributed by atoms with Gasteiger partial charge in [0.15, 0.2) is 0 Å². The molecule has 3 rings (SSSR count). The van der Waals surface area contributed by atoms with E-state index >= 15 is 0 Å². The van der Waals surface area contributed by atoms with Gasteiger partial charge in [0, 0.05) is 30.9 Å². The van der Waals surface area contributed by atoms with Crippen LogP contribution in [0.4, 0.5) is 5.69 Å². The lowest BCUT2D eigenvalue weighted by atomic mass is 10.1. The number of nitrogens with zero attached hydrogens (tertiary/aromatic N) is 1. The SMILES string of the molecule is CCC1CCCN1c1ccc(C)cc1CNC1CC1. The predicted octanol–water partition coefficient (Wildman–Crippen LogP) is 3.63. The number of rotatable bonds is 5. The first-order valence-corrected chi connectivity index (χ1v) is 7.87. The molecule has 1 unspecified atom stereocenters. The summed E-state index contributed by atoms with van der Waals surface area (Å²) in [5, 5.41) is 3.67. The van der Waals surface area contributed by atoms with Crippen LogP contribution in [0.5, 0.6) is 0 Å².